The summed E-state index contributed by atoms with van der Waals surface area (Å²) in [6, 6.07) is 2.90. The van der Waals surface area contributed by atoms with Crippen molar-refractivity contribution >= 4 is 5.97 Å². The molecule has 0 aromatic carbocycles. The molecule has 0 atom stereocenters. The van der Waals surface area contributed by atoms with Crippen molar-refractivity contribution in [3.8, 4) is 6.07 Å². The number of nitriles is 1. The van der Waals surface area contributed by atoms with Crippen LogP contribution in [0.2, 0.25) is 0 Å². The maximum absolute atomic E-state index is 11.0. The minimum atomic E-state index is -1.26. The second kappa shape index (κ2) is 3.11. The van der Waals surface area contributed by atoms with E-state index in [1.807, 2.05) is 0 Å². The highest BCUT2D eigenvalue weighted by Crippen LogP contribution is 2.08. The number of nitrogens with zero attached hydrogens (tertiary/aromatic N) is 2. The van der Waals surface area contributed by atoms with Crippen LogP contribution >= 0.6 is 0 Å². The highest BCUT2D eigenvalue weighted by atomic mass is 16.5. The van der Waals surface area contributed by atoms with Crippen LogP contribution in [0.1, 0.15) is 21.6 Å². The first-order valence-corrected chi connectivity index (χ1v) is 3.44. The van der Waals surface area contributed by atoms with Crippen molar-refractivity contribution in [2.75, 3.05) is 0 Å². The first kappa shape index (κ1) is 9.00. The zero-order valence-corrected chi connectivity index (χ0v) is 6.81. The second-order valence-corrected chi connectivity index (χ2v) is 2.43. The molecule has 0 aliphatic rings. The molecule has 1 heterocycles. The summed E-state index contributed by atoms with van der Waals surface area (Å²) in [5.74, 6) is -1.26. The molecule has 5 nitrogen and oxygen atoms in total. The topological polar surface area (TPSA) is 88.0 Å². The van der Waals surface area contributed by atoms with Crippen LogP contribution in [0.15, 0.2) is 12.3 Å². The summed E-state index contributed by atoms with van der Waals surface area (Å²) in [6.07, 6.45) is 1.11. The number of carboxylic acid groups (broad SMARTS) is 1. The summed E-state index contributed by atoms with van der Waals surface area (Å²) >= 11 is 0. The molecule has 5 heteroatoms. The Bertz CT molecular complexity index is 407. The lowest BCUT2D eigenvalue weighted by Gasteiger charge is -2.03. The summed E-state index contributed by atoms with van der Waals surface area (Å²) in [7, 11) is 0. The largest absolute Gasteiger partial charge is 0.618 e. The predicted octanol–water partition coefficient (Wildman–Crippen LogP) is 0.198. The molecule has 0 fully saturated rings. The third kappa shape index (κ3) is 1.42. The average Bonchev–Trinajstić information content (AvgIpc) is 2.08. The highest BCUT2D eigenvalue weighted by Gasteiger charge is 2.19. The molecule has 0 radical (unpaired) electrons. The van der Waals surface area contributed by atoms with Gasteiger partial charge in [-0.1, -0.05) is 0 Å². The Morgan fingerprint density at radius 2 is 2.38 bits per heavy atom. The molecule has 66 valence electrons. The van der Waals surface area contributed by atoms with Crippen LogP contribution in [0.5, 0.6) is 0 Å². The Balaban J connectivity index is 3.53. The number of carboxylic acids is 1. The molecule has 0 unspecified atom stereocenters. The molecule has 13 heavy (non-hydrogen) atoms. The lowest BCUT2D eigenvalue weighted by molar-refractivity contribution is -0.612. The van der Waals surface area contributed by atoms with E-state index in [1.165, 1.54) is 13.0 Å². The van der Waals surface area contributed by atoms with Crippen LogP contribution in [0.3, 0.4) is 0 Å². The SMILES string of the molecule is Cc1c(C(=O)O)c(C#N)cc[n+]1[O-]. The van der Waals surface area contributed by atoms with Crippen molar-refractivity contribution in [2.24, 2.45) is 0 Å². The van der Waals surface area contributed by atoms with Gasteiger partial charge in [0.05, 0.1) is 5.56 Å². The lowest BCUT2D eigenvalue weighted by atomic mass is 10.1. The van der Waals surface area contributed by atoms with E-state index in [4.69, 9.17) is 10.4 Å². The first-order chi connectivity index (χ1) is 6.07. The summed E-state index contributed by atoms with van der Waals surface area (Å²) in [5, 5.41) is 28.2. The molecule has 1 rings (SSSR count). The highest BCUT2D eigenvalue weighted by molar-refractivity contribution is 5.91. The zero-order chi connectivity index (χ0) is 10.0. The number of pyridine rings is 1. The summed E-state index contributed by atoms with van der Waals surface area (Å²) in [5.41, 5.74) is -0.219. The van der Waals surface area contributed by atoms with E-state index in [9.17, 15) is 10.0 Å². The first-order valence-electron chi connectivity index (χ1n) is 3.44. The van der Waals surface area contributed by atoms with E-state index < -0.39 is 5.97 Å². The fourth-order valence-corrected chi connectivity index (χ4v) is 1.01. The fraction of sp³-hybridized carbons (Fsp3) is 0.125. The summed E-state index contributed by atoms with van der Waals surface area (Å²) in [4.78, 5) is 10.7. The Labute approximate surface area is 74.1 Å². The normalized spacial score (nSPS) is 9.23. The molecular formula is C8H6N2O3. The monoisotopic (exact) mass is 178 g/mol. The molecule has 1 aromatic rings. The van der Waals surface area contributed by atoms with Crippen molar-refractivity contribution in [3.63, 3.8) is 0 Å². The van der Waals surface area contributed by atoms with Crippen molar-refractivity contribution in [1.29, 1.82) is 5.26 Å². The maximum atomic E-state index is 11.0. The van der Waals surface area contributed by atoms with Crippen LogP contribution in [-0.4, -0.2) is 11.1 Å². The number of aromatic carboxylic acids is 1. The van der Waals surface area contributed by atoms with Crippen LogP contribution in [0.25, 0.3) is 0 Å². The molecular weight excluding hydrogens is 172 g/mol. The van der Waals surface area contributed by atoms with Crippen molar-refractivity contribution in [3.05, 3.63) is 34.3 Å². The fourth-order valence-electron chi connectivity index (χ4n) is 1.01. The number of hydrogen-bond acceptors (Lipinski definition) is 3. The van der Waals surface area contributed by atoms with Crippen LogP contribution in [-0.2, 0) is 0 Å². The van der Waals surface area contributed by atoms with E-state index >= 15 is 0 Å². The van der Waals surface area contributed by atoms with Gasteiger partial charge >= 0.3 is 5.97 Å². The number of rotatable bonds is 1. The summed E-state index contributed by atoms with van der Waals surface area (Å²) < 4.78 is 0.421. The third-order valence-electron chi connectivity index (χ3n) is 1.67. The molecule has 0 amide bonds. The van der Waals surface area contributed by atoms with E-state index in [-0.39, 0.29) is 16.8 Å². The van der Waals surface area contributed by atoms with Gasteiger partial charge in [-0.3, -0.25) is 0 Å². The molecule has 0 aliphatic heterocycles. The van der Waals surface area contributed by atoms with Gasteiger partial charge in [-0.05, 0) is 0 Å². The van der Waals surface area contributed by atoms with Crippen LogP contribution in [0.4, 0.5) is 0 Å². The van der Waals surface area contributed by atoms with Crippen LogP contribution in [0, 0.1) is 23.5 Å². The Hall–Kier alpha value is -2.09. The van der Waals surface area contributed by atoms with Gasteiger partial charge in [0.2, 0.25) is 5.69 Å². The van der Waals surface area contributed by atoms with Crippen LogP contribution < -0.4 is 4.73 Å². The van der Waals surface area contributed by atoms with E-state index in [2.05, 4.69) is 0 Å². The van der Waals surface area contributed by atoms with Gasteiger partial charge in [-0.25, -0.2) is 4.79 Å². The molecule has 0 saturated heterocycles. The minimum Gasteiger partial charge on any atom is -0.618 e. The van der Waals surface area contributed by atoms with E-state index in [1.54, 1.807) is 6.07 Å². The number of aromatic nitrogens is 1. The average molecular weight is 178 g/mol. The minimum absolute atomic E-state index is 0.00269. The van der Waals surface area contributed by atoms with Gasteiger partial charge in [0.25, 0.3) is 0 Å². The Morgan fingerprint density at radius 1 is 1.77 bits per heavy atom. The van der Waals surface area contributed by atoms with Crippen molar-refractivity contribution in [1.82, 2.24) is 0 Å². The Kier molecular flexibility index (Phi) is 2.15. The van der Waals surface area contributed by atoms with Gasteiger partial charge in [-0.15, -0.1) is 0 Å². The molecule has 1 aromatic heterocycles. The van der Waals surface area contributed by atoms with Gasteiger partial charge in [0.1, 0.15) is 11.6 Å². The number of carbonyl (C=O) groups is 1. The lowest BCUT2D eigenvalue weighted by Crippen LogP contribution is -2.32. The smallest absolute Gasteiger partial charge is 0.343 e. The van der Waals surface area contributed by atoms with Crippen molar-refractivity contribution < 1.29 is 14.6 Å². The van der Waals surface area contributed by atoms with Gasteiger partial charge in [0, 0.05) is 13.0 Å². The predicted molar refractivity (Wildman–Crippen MR) is 41.8 cm³/mol. The Morgan fingerprint density at radius 3 is 2.85 bits per heavy atom. The number of hydrogen-bond donors (Lipinski definition) is 1. The van der Waals surface area contributed by atoms with Crippen molar-refractivity contribution in [2.45, 2.75) is 6.92 Å². The van der Waals surface area contributed by atoms with E-state index in [0.29, 0.717) is 4.73 Å². The van der Waals surface area contributed by atoms with Gasteiger partial charge in [-0.2, -0.15) is 9.99 Å². The quantitative estimate of drug-likeness (QED) is 0.491. The molecule has 0 spiro atoms. The molecule has 1 N–H and O–H groups in total. The maximum Gasteiger partial charge on any atom is 0.343 e. The van der Waals surface area contributed by atoms with E-state index in [0.717, 1.165) is 6.20 Å². The molecule has 0 bridgehead atoms. The third-order valence-corrected chi connectivity index (χ3v) is 1.67. The second-order valence-electron chi connectivity index (χ2n) is 2.43. The standard InChI is InChI=1S/C8H6N2O3/c1-5-7(8(11)12)6(4-9)2-3-10(5)13/h2-3H,1H3,(H,11,12). The van der Waals surface area contributed by atoms with Gasteiger partial charge < -0.3 is 10.3 Å². The van der Waals surface area contributed by atoms with Gasteiger partial charge in [0.15, 0.2) is 6.20 Å². The molecule has 0 aliphatic carbocycles. The summed E-state index contributed by atoms with van der Waals surface area (Å²) in [6.45, 7) is 1.36. The molecule has 0 saturated carbocycles. The zero-order valence-electron chi connectivity index (χ0n) is 6.81.